The minimum absolute atomic E-state index is 0.0137. The Balaban J connectivity index is 1.77. The van der Waals surface area contributed by atoms with Crippen LogP contribution in [0.1, 0.15) is 16.1 Å². The molecule has 0 saturated carbocycles. The number of aromatic carboxylic acids is 1. The maximum Gasteiger partial charge on any atom is 0.356 e. The highest BCUT2D eigenvalue weighted by Crippen LogP contribution is 2.10. The van der Waals surface area contributed by atoms with E-state index in [1.54, 1.807) is 22.8 Å². The SMILES string of the molecule is O=C(Cc1cccc(Cl)c1)NCCn1cnc(C(=O)O)c1. The molecular weight excluding hydrogens is 294 g/mol. The molecule has 0 unspecified atom stereocenters. The second kappa shape index (κ2) is 6.90. The van der Waals surface area contributed by atoms with Crippen LogP contribution in [0.15, 0.2) is 36.8 Å². The Bertz CT molecular complexity index is 654. The second-order valence-electron chi connectivity index (χ2n) is 4.46. The molecule has 0 atom stereocenters. The van der Waals surface area contributed by atoms with Crippen LogP contribution in [0.5, 0.6) is 0 Å². The maximum absolute atomic E-state index is 11.8. The molecule has 1 heterocycles. The van der Waals surface area contributed by atoms with E-state index in [0.29, 0.717) is 18.1 Å². The lowest BCUT2D eigenvalue weighted by atomic mass is 10.1. The highest BCUT2D eigenvalue weighted by Gasteiger charge is 2.07. The lowest BCUT2D eigenvalue weighted by molar-refractivity contribution is -0.120. The van der Waals surface area contributed by atoms with Gasteiger partial charge in [0.15, 0.2) is 5.69 Å². The quantitative estimate of drug-likeness (QED) is 0.849. The first-order valence-corrected chi connectivity index (χ1v) is 6.68. The van der Waals surface area contributed by atoms with Gasteiger partial charge < -0.3 is 15.0 Å². The molecule has 21 heavy (non-hydrogen) atoms. The number of carbonyl (C=O) groups is 2. The van der Waals surface area contributed by atoms with Crippen LogP contribution in [-0.2, 0) is 17.8 Å². The number of hydrogen-bond donors (Lipinski definition) is 2. The van der Waals surface area contributed by atoms with Crippen molar-refractivity contribution < 1.29 is 14.7 Å². The lowest BCUT2D eigenvalue weighted by Crippen LogP contribution is -2.28. The minimum atomic E-state index is -1.07. The van der Waals surface area contributed by atoms with Crippen molar-refractivity contribution >= 4 is 23.5 Å². The summed E-state index contributed by atoms with van der Waals surface area (Å²) in [6, 6.07) is 7.13. The van der Waals surface area contributed by atoms with E-state index in [0.717, 1.165) is 5.56 Å². The van der Waals surface area contributed by atoms with E-state index in [-0.39, 0.29) is 18.0 Å². The Labute approximate surface area is 126 Å². The van der Waals surface area contributed by atoms with Crippen molar-refractivity contribution in [2.24, 2.45) is 0 Å². The van der Waals surface area contributed by atoms with Gasteiger partial charge in [-0.3, -0.25) is 4.79 Å². The molecule has 0 bridgehead atoms. The Hall–Kier alpha value is -2.34. The van der Waals surface area contributed by atoms with Gasteiger partial charge in [0.05, 0.1) is 12.7 Å². The first-order chi connectivity index (χ1) is 10.0. The van der Waals surface area contributed by atoms with Crippen LogP contribution in [0.2, 0.25) is 5.02 Å². The van der Waals surface area contributed by atoms with E-state index in [1.807, 2.05) is 6.07 Å². The Morgan fingerprint density at radius 2 is 2.19 bits per heavy atom. The number of aromatic nitrogens is 2. The number of nitrogens with zero attached hydrogens (tertiary/aromatic N) is 2. The molecule has 0 fully saturated rings. The van der Waals surface area contributed by atoms with Crippen LogP contribution >= 0.6 is 11.6 Å². The number of carbonyl (C=O) groups excluding carboxylic acids is 1. The van der Waals surface area contributed by atoms with Crippen LogP contribution in [-0.4, -0.2) is 33.1 Å². The summed E-state index contributed by atoms with van der Waals surface area (Å²) >= 11 is 5.85. The monoisotopic (exact) mass is 307 g/mol. The third-order valence-corrected chi connectivity index (χ3v) is 3.03. The number of carboxylic acid groups (broad SMARTS) is 1. The average molecular weight is 308 g/mol. The lowest BCUT2D eigenvalue weighted by Gasteiger charge is -2.06. The molecule has 1 aromatic carbocycles. The zero-order valence-corrected chi connectivity index (χ0v) is 11.9. The van der Waals surface area contributed by atoms with E-state index < -0.39 is 5.97 Å². The molecule has 2 rings (SSSR count). The summed E-state index contributed by atoms with van der Waals surface area (Å²) < 4.78 is 1.61. The van der Waals surface area contributed by atoms with E-state index in [9.17, 15) is 9.59 Å². The predicted molar refractivity (Wildman–Crippen MR) is 77.4 cm³/mol. The van der Waals surface area contributed by atoms with Gasteiger partial charge in [-0.25, -0.2) is 9.78 Å². The van der Waals surface area contributed by atoms with Crippen molar-refractivity contribution in [3.8, 4) is 0 Å². The summed E-state index contributed by atoms with van der Waals surface area (Å²) in [5.41, 5.74) is 0.830. The largest absolute Gasteiger partial charge is 0.476 e. The molecule has 0 spiro atoms. The topological polar surface area (TPSA) is 84.2 Å². The van der Waals surface area contributed by atoms with Crippen LogP contribution in [0.4, 0.5) is 0 Å². The third kappa shape index (κ3) is 4.61. The number of amides is 1. The van der Waals surface area contributed by atoms with Crippen LogP contribution in [0.25, 0.3) is 0 Å². The molecule has 0 saturated heterocycles. The fourth-order valence-corrected chi connectivity index (χ4v) is 2.02. The smallest absolute Gasteiger partial charge is 0.356 e. The Morgan fingerprint density at radius 3 is 2.86 bits per heavy atom. The summed E-state index contributed by atoms with van der Waals surface area (Å²) in [6.45, 7) is 0.858. The molecule has 2 N–H and O–H groups in total. The van der Waals surface area contributed by atoms with Gasteiger partial charge in [0.25, 0.3) is 0 Å². The molecule has 7 heteroatoms. The molecule has 0 radical (unpaired) electrons. The van der Waals surface area contributed by atoms with E-state index >= 15 is 0 Å². The highest BCUT2D eigenvalue weighted by molar-refractivity contribution is 6.30. The summed E-state index contributed by atoms with van der Waals surface area (Å²) in [7, 11) is 0. The van der Waals surface area contributed by atoms with Crippen LogP contribution in [0, 0.1) is 0 Å². The average Bonchev–Trinajstić information content (AvgIpc) is 2.87. The molecule has 2 aromatic rings. The molecular formula is C14H14ClN3O3. The highest BCUT2D eigenvalue weighted by atomic mass is 35.5. The molecule has 1 aromatic heterocycles. The number of halogens is 1. The third-order valence-electron chi connectivity index (χ3n) is 2.80. The zero-order chi connectivity index (χ0) is 15.2. The molecule has 6 nitrogen and oxygen atoms in total. The fraction of sp³-hybridized carbons (Fsp3) is 0.214. The van der Waals surface area contributed by atoms with Gasteiger partial charge in [0.2, 0.25) is 5.91 Å². The second-order valence-corrected chi connectivity index (χ2v) is 4.89. The number of benzene rings is 1. The summed E-state index contributed by atoms with van der Waals surface area (Å²) in [5, 5.41) is 12.1. The Morgan fingerprint density at radius 1 is 1.38 bits per heavy atom. The van der Waals surface area contributed by atoms with Crippen LogP contribution in [0.3, 0.4) is 0 Å². The van der Waals surface area contributed by atoms with Crippen molar-refractivity contribution in [1.29, 1.82) is 0 Å². The van der Waals surface area contributed by atoms with Gasteiger partial charge in [-0.05, 0) is 17.7 Å². The van der Waals surface area contributed by atoms with Crippen molar-refractivity contribution in [2.45, 2.75) is 13.0 Å². The summed E-state index contributed by atoms with van der Waals surface area (Å²) in [6.07, 6.45) is 3.10. The number of imidazole rings is 1. The zero-order valence-electron chi connectivity index (χ0n) is 11.1. The summed E-state index contributed by atoms with van der Waals surface area (Å²) in [4.78, 5) is 26.2. The van der Waals surface area contributed by atoms with Gasteiger partial charge in [0, 0.05) is 24.3 Å². The fourth-order valence-electron chi connectivity index (χ4n) is 1.81. The van der Waals surface area contributed by atoms with E-state index in [4.69, 9.17) is 16.7 Å². The number of hydrogen-bond acceptors (Lipinski definition) is 3. The van der Waals surface area contributed by atoms with Crippen molar-refractivity contribution in [1.82, 2.24) is 14.9 Å². The van der Waals surface area contributed by atoms with Gasteiger partial charge in [-0.15, -0.1) is 0 Å². The van der Waals surface area contributed by atoms with Gasteiger partial charge in [-0.1, -0.05) is 23.7 Å². The van der Waals surface area contributed by atoms with Gasteiger partial charge in [-0.2, -0.15) is 0 Å². The van der Waals surface area contributed by atoms with E-state index in [1.165, 1.54) is 12.5 Å². The number of rotatable bonds is 6. The maximum atomic E-state index is 11.8. The summed E-state index contributed by atoms with van der Waals surface area (Å²) in [5.74, 6) is -1.19. The van der Waals surface area contributed by atoms with Crippen molar-refractivity contribution in [3.63, 3.8) is 0 Å². The molecule has 0 aliphatic carbocycles. The molecule has 110 valence electrons. The van der Waals surface area contributed by atoms with Crippen LogP contribution < -0.4 is 5.32 Å². The molecule has 0 aliphatic heterocycles. The molecule has 1 amide bonds. The number of carboxylic acids is 1. The van der Waals surface area contributed by atoms with E-state index in [2.05, 4.69) is 10.3 Å². The van der Waals surface area contributed by atoms with Gasteiger partial charge >= 0.3 is 5.97 Å². The Kier molecular flexibility index (Phi) is 4.94. The van der Waals surface area contributed by atoms with Crippen molar-refractivity contribution in [3.05, 3.63) is 53.1 Å². The molecule has 0 aliphatic rings. The first-order valence-electron chi connectivity index (χ1n) is 6.31. The van der Waals surface area contributed by atoms with Gasteiger partial charge in [0.1, 0.15) is 0 Å². The van der Waals surface area contributed by atoms with Crippen molar-refractivity contribution in [2.75, 3.05) is 6.54 Å². The standard InChI is InChI=1S/C14H14ClN3O3/c15-11-3-1-2-10(6-11)7-13(19)16-4-5-18-8-12(14(20)21)17-9-18/h1-3,6,8-9H,4-5,7H2,(H,16,19)(H,20,21). The number of nitrogens with one attached hydrogen (secondary N) is 1. The first kappa shape index (κ1) is 15.1. The predicted octanol–water partition coefficient (Wildman–Crippen LogP) is 1.59. The normalized spacial score (nSPS) is 10.3. The minimum Gasteiger partial charge on any atom is -0.476 e.